The fourth-order valence-corrected chi connectivity index (χ4v) is 3.69. The molecule has 0 aliphatic carbocycles. The monoisotopic (exact) mass is 415 g/mol. The van der Waals surface area contributed by atoms with E-state index >= 15 is 0 Å². The molecule has 1 unspecified atom stereocenters. The van der Waals surface area contributed by atoms with Crippen LogP contribution in [0.1, 0.15) is 24.6 Å². The SMILES string of the molecule is CCNC(=NCc1ncccc1C)NC1CCN(c2ccccc2Br)C1. The van der Waals surface area contributed by atoms with Crippen molar-refractivity contribution in [2.75, 3.05) is 24.5 Å². The number of aryl methyl sites for hydroxylation is 1. The minimum absolute atomic E-state index is 0.379. The Bertz CT molecular complexity index is 761. The van der Waals surface area contributed by atoms with Crippen molar-refractivity contribution in [3.05, 3.63) is 58.3 Å². The van der Waals surface area contributed by atoms with Crippen LogP contribution in [-0.2, 0) is 6.54 Å². The topological polar surface area (TPSA) is 52.6 Å². The Kier molecular flexibility index (Phi) is 6.50. The van der Waals surface area contributed by atoms with Crippen LogP contribution in [0.15, 0.2) is 52.1 Å². The predicted octanol–water partition coefficient (Wildman–Crippen LogP) is 3.49. The highest BCUT2D eigenvalue weighted by Gasteiger charge is 2.24. The summed E-state index contributed by atoms with van der Waals surface area (Å²) in [4.78, 5) is 11.6. The Morgan fingerprint density at radius 2 is 2.15 bits per heavy atom. The van der Waals surface area contributed by atoms with Gasteiger partial charge >= 0.3 is 0 Å². The molecule has 0 radical (unpaired) electrons. The fraction of sp³-hybridized carbons (Fsp3) is 0.400. The van der Waals surface area contributed by atoms with Crippen LogP contribution >= 0.6 is 15.9 Å². The van der Waals surface area contributed by atoms with Crippen LogP contribution in [0.4, 0.5) is 5.69 Å². The molecule has 1 fully saturated rings. The lowest BCUT2D eigenvalue weighted by Crippen LogP contribution is -2.44. The van der Waals surface area contributed by atoms with Crippen LogP contribution < -0.4 is 15.5 Å². The first kappa shape index (κ1) is 18.7. The fourth-order valence-electron chi connectivity index (χ4n) is 3.16. The number of guanidine groups is 1. The van der Waals surface area contributed by atoms with E-state index in [9.17, 15) is 0 Å². The molecule has 1 aliphatic rings. The van der Waals surface area contributed by atoms with E-state index in [0.29, 0.717) is 12.6 Å². The number of nitrogens with zero attached hydrogens (tertiary/aromatic N) is 3. The lowest BCUT2D eigenvalue weighted by Gasteiger charge is -2.21. The van der Waals surface area contributed by atoms with Crippen LogP contribution in [-0.4, -0.2) is 36.6 Å². The number of anilines is 1. The number of rotatable bonds is 5. The highest BCUT2D eigenvalue weighted by Crippen LogP contribution is 2.28. The number of hydrogen-bond donors (Lipinski definition) is 2. The summed E-state index contributed by atoms with van der Waals surface area (Å²) < 4.78 is 1.15. The van der Waals surface area contributed by atoms with Crippen molar-refractivity contribution >= 4 is 27.6 Å². The van der Waals surface area contributed by atoms with Gasteiger partial charge < -0.3 is 15.5 Å². The third-order valence-electron chi connectivity index (χ3n) is 4.57. The number of halogens is 1. The molecule has 2 heterocycles. The average molecular weight is 416 g/mol. The van der Waals surface area contributed by atoms with Crippen molar-refractivity contribution in [1.82, 2.24) is 15.6 Å². The van der Waals surface area contributed by atoms with Crippen molar-refractivity contribution in [2.45, 2.75) is 32.9 Å². The third kappa shape index (κ3) is 4.75. The maximum Gasteiger partial charge on any atom is 0.191 e. The first-order valence-electron chi connectivity index (χ1n) is 9.12. The molecular weight excluding hydrogens is 390 g/mol. The summed E-state index contributed by atoms with van der Waals surface area (Å²) in [5.41, 5.74) is 3.45. The second-order valence-electron chi connectivity index (χ2n) is 6.49. The van der Waals surface area contributed by atoms with Crippen LogP contribution in [0.25, 0.3) is 0 Å². The smallest absolute Gasteiger partial charge is 0.191 e. The van der Waals surface area contributed by atoms with Gasteiger partial charge in [0, 0.05) is 36.3 Å². The zero-order valence-electron chi connectivity index (χ0n) is 15.4. The van der Waals surface area contributed by atoms with Crippen molar-refractivity contribution in [1.29, 1.82) is 0 Å². The third-order valence-corrected chi connectivity index (χ3v) is 5.24. The number of aliphatic imine (C=N–C) groups is 1. The van der Waals surface area contributed by atoms with Crippen molar-refractivity contribution in [3.63, 3.8) is 0 Å². The first-order chi connectivity index (χ1) is 12.7. The minimum atomic E-state index is 0.379. The van der Waals surface area contributed by atoms with Gasteiger partial charge in [-0.15, -0.1) is 0 Å². The van der Waals surface area contributed by atoms with Gasteiger partial charge in [-0.05, 0) is 60.0 Å². The Morgan fingerprint density at radius 3 is 2.92 bits per heavy atom. The maximum atomic E-state index is 4.73. The molecule has 6 heteroatoms. The summed E-state index contributed by atoms with van der Waals surface area (Å²) in [6.07, 6.45) is 2.92. The van der Waals surface area contributed by atoms with Crippen LogP contribution in [0, 0.1) is 6.92 Å². The number of aromatic nitrogens is 1. The van der Waals surface area contributed by atoms with Gasteiger partial charge in [0.25, 0.3) is 0 Å². The second-order valence-corrected chi connectivity index (χ2v) is 7.34. The number of para-hydroxylation sites is 1. The molecule has 5 nitrogen and oxygen atoms in total. The lowest BCUT2D eigenvalue weighted by molar-refractivity contribution is 0.648. The van der Waals surface area contributed by atoms with Gasteiger partial charge in [0.15, 0.2) is 5.96 Å². The molecule has 1 saturated heterocycles. The van der Waals surface area contributed by atoms with Gasteiger partial charge in [-0.3, -0.25) is 4.98 Å². The number of nitrogens with one attached hydrogen (secondary N) is 2. The number of benzene rings is 1. The molecule has 26 heavy (non-hydrogen) atoms. The summed E-state index contributed by atoms with van der Waals surface area (Å²) in [7, 11) is 0. The van der Waals surface area contributed by atoms with E-state index in [1.165, 1.54) is 11.3 Å². The molecule has 1 aliphatic heterocycles. The zero-order chi connectivity index (χ0) is 18.4. The van der Waals surface area contributed by atoms with Crippen LogP contribution in [0.2, 0.25) is 0 Å². The molecule has 3 rings (SSSR count). The molecule has 2 N–H and O–H groups in total. The van der Waals surface area contributed by atoms with Gasteiger partial charge in [-0.25, -0.2) is 4.99 Å². The van der Waals surface area contributed by atoms with Crippen LogP contribution in [0.3, 0.4) is 0 Å². The van der Waals surface area contributed by atoms with E-state index in [2.05, 4.69) is 80.6 Å². The average Bonchev–Trinajstić information content (AvgIpc) is 3.10. The minimum Gasteiger partial charge on any atom is -0.368 e. The largest absolute Gasteiger partial charge is 0.368 e. The summed E-state index contributed by atoms with van der Waals surface area (Å²) in [6, 6.07) is 12.8. The van der Waals surface area contributed by atoms with Crippen molar-refractivity contribution in [2.24, 2.45) is 4.99 Å². The molecule has 138 valence electrons. The quantitative estimate of drug-likeness (QED) is 0.579. The van der Waals surface area contributed by atoms with Gasteiger partial charge in [0.05, 0.1) is 17.9 Å². The van der Waals surface area contributed by atoms with Crippen molar-refractivity contribution < 1.29 is 0 Å². The number of hydrogen-bond acceptors (Lipinski definition) is 3. The summed E-state index contributed by atoms with van der Waals surface area (Å²) in [5.74, 6) is 0.858. The summed E-state index contributed by atoms with van der Waals surface area (Å²) >= 11 is 3.65. The van der Waals surface area contributed by atoms with E-state index in [-0.39, 0.29) is 0 Å². The molecule has 0 saturated carbocycles. The lowest BCUT2D eigenvalue weighted by atomic mass is 10.2. The van der Waals surface area contributed by atoms with Crippen molar-refractivity contribution in [3.8, 4) is 0 Å². The normalized spacial score (nSPS) is 17.4. The standard InChI is InChI=1S/C20H26BrN5/c1-3-22-20(24-13-18-15(2)7-6-11-23-18)25-16-10-12-26(14-16)19-9-5-4-8-17(19)21/h4-9,11,16H,3,10,12-14H2,1-2H3,(H2,22,24,25). The summed E-state index contributed by atoms with van der Waals surface area (Å²) in [6.45, 7) is 7.60. The Balaban J connectivity index is 1.63. The Hall–Kier alpha value is -2.08. The van der Waals surface area contributed by atoms with E-state index in [0.717, 1.165) is 42.2 Å². The van der Waals surface area contributed by atoms with Gasteiger partial charge in [0.1, 0.15) is 0 Å². The zero-order valence-corrected chi connectivity index (χ0v) is 17.0. The van der Waals surface area contributed by atoms with E-state index in [1.807, 2.05) is 12.3 Å². The highest BCUT2D eigenvalue weighted by atomic mass is 79.9. The Morgan fingerprint density at radius 1 is 1.31 bits per heavy atom. The highest BCUT2D eigenvalue weighted by molar-refractivity contribution is 9.10. The van der Waals surface area contributed by atoms with E-state index in [4.69, 9.17) is 4.99 Å². The number of pyridine rings is 1. The van der Waals surface area contributed by atoms with Gasteiger partial charge in [-0.2, -0.15) is 0 Å². The molecule has 1 aromatic carbocycles. The van der Waals surface area contributed by atoms with Crippen LogP contribution in [0.5, 0.6) is 0 Å². The maximum absolute atomic E-state index is 4.73. The van der Waals surface area contributed by atoms with E-state index in [1.54, 1.807) is 0 Å². The predicted molar refractivity (Wildman–Crippen MR) is 112 cm³/mol. The second kappa shape index (κ2) is 9.03. The van der Waals surface area contributed by atoms with Gasteiger partial charge in [0.2, 0.25) is 0 Å². The molecule has 2 aromatic rings. The molecule has 0 bridgehead atoms. The van der Waals surface area contributed by atoms with E-state index < -0.39 is 0 Å². The molecule has 1 atom stereocenters. The molecule has 1 aromatic heterocycles. The molecule has 0 spiro atoms. The Labute approximate surface area is 164 Å². The molecular formula is C20H26BrN5. The first-order valence-corrected chi connectivity index (χ1v) is 9.91. The van der Waals surface area contributed by atoms with Gasteiger partial charge in [-0.1, -0.05) is 18.2 Å². The molecule has 0 amide bonds. The summed E-state index contributed by atoms with van der Waals surface area (Å²) in [5, 5.41) is 6.93.